The van der Waals surface area contributed by atoms with Gasteiger partial charge in [0.2, 0.25) is 15.9 Å². The van der Waals surface area contributed by atoms with Gasteiger partial charge in [-0.2, -0.15) is 21.6 Å². The number of carbonyl (C=O) groups is 1. The molecule has 2 heterocycles. The summed E-state index contributed by atoms with van der Waals surface area (Å²) in [5.74, 6) is 0.967. The minimum atomic E-state index is -3.80. The average Bonchev–Trinajstić information content (AvgIpc) is 3.13. The van der Waals surface area contributed by atoms with Crippen LogP contribution in [-0.4, -0.2) is 47.1 Å². The van der Waals surface area contributed by atoms with Crippen molar-refractivity contribution in [1.29, 1.82) is 0 Å². The number of pyridine rings is 1. The lowest BCUT2D eigenvalue weighted by molar-refractivity contribution is -0.122. The Labute approximate surface area is 192 Å². The van der Waals surface area contributed by atoms with E-state index in [1.54, 1.807) is 40.8 Å². The lowest BCUT2D eigenvalue weighted by atomic mass is 10.2. The van der Waals surface area contributed by atoms with Gasteiger partial charge < -0.3 is 5.32 Å². The Hall–Kier alpha value is -2.69. The maximum absolute atomic E-state index is 12.8. The van der Waals surface area contributed by atoms with Crippen LogP contribution in [0, 0.1) is 13.8 Å². The zero-order valence-corrected chi connectivity index (χ0v) is 19.9. The molecule has 0 radical (unpaired) electrons. The molecule has 0 bridgehead atoms. The minimum Gasteiger partial charge on any atom is -0.351 e. The number of rotatable bonds is 10. The summed E-state index contributed by atoms with van der Waals surface area (Å²) in [6.45, 7) is 4.12. The Bertz CT molecular complexity index is 1150. The summed E-state index contributed by atoms with van der Waals surface area (Å²) in [5, 5.41) is 7.23. The largest absolute Gasteiger partial charge is 0.351 e. The average molecular weight is 474 g/mol. The van der Waals surface area contributed by atoms with Crippen LogP contribution in [0.25, 0.3) is 5.82 Å². The van der Waals surface area contributed by atoms with Crippen molar-refractivity contribution < 1.29 is 13.2 Å². The molecule has 1 aromatic carbocycles. The number of hydrogen-bond acceptors (Lipinski definition) is 6. The molecule has 2 aromatic heterocycles. The number of nitrogens with one attached hydrogen (secondary N) is 2. The molecule has 1 unspecified atom stereocenters. The van der Waals surface area contributed by atoms with Crippen molar-refractivity contribution in [2.24, 2.45) is 0 Å². The summed E-state index contributed by atoms with van der Waals surface area (Å²) < 4.78 is 29.6. The van der Waals surface area contributed by atoms with E-state index in [1.165, 1.54) is 12.1 Å². The fourth-order valence-corrected chi connectivity index (χ4v) is 4.88. The Morgan fingerprint density at radius 2 is 1.91 bits per heavy atom. The van der Waals surface area contributed by atoms with Crippen molar-refractivity contribution in [3.63, 3.8) is 0 Å². The Morgan fingerprint density at radius 3 is 2.50 bits per heavy atom. The third-order valence-electron chi connectivity index (χ3n) is 4.78. The van der Waals surface area contributed by atoms with Gasteiger partial charge in [-0.3, -0.25) is 4.79 Å². The Morgan fingerprint density at radius 1 is 1.16 bits per heavy atom. The fraction of sp³-hybridized carbons (Fsp3) is 0.318. The van der Waals surface area contributed by atoms with Crippen LogP contribution in [0.4, 0.5) is 0 Å². The second-order valence-electron chi connectivity index (χ2n) is 7.35. The van der Waals surface area contributed by atoms with Gasteiger partial charge in [-0.1, -0.05) is 24.3 Å². The molecule has 0 saturated carbocycles. The molecule has 0 aliphatic carbocycles. The smallest absolute Gasteiger partial charge is 0.241 e. The third-order valence-corrected chi connectivity index (χ3v) is 6.91. The number of thioether (sulfide) groups is 1. The van der Waals surface area contributed by atoms with E-state index in [0.29, 0.717) is 18.0 Å². The van der Waals surface area contributed by atoms with Crippen molar-refractivity contribution in [2.75, 3.05) is 12.0 Å². The van der Waals surface area contributed by atoms with Gasteiger partial charge in [0.05, 0.1) is 10.6 Å². The van der Waals surface area contributed by atoms with Crippen molar-refractivity contribution in [3.05, 3.63) is 71.7 Å². The van der Waals surface area contributed by atoms with E-state index in [0.717, 1.165) is 17.0 Å². The summed E-state index contributed by atoms with van der Waals surface area (Å²) in [5.41, 5.74) is 2.70. The monoisotopic (exact) mass is 473 g/mol. The van der Waals surface area contributed by atoms with Gasteiger partial charge in [0, 0.05) is 18.4 Å². The lowest BCUT2D eigenvalue weighted by Gasteiger charge is -2.18. The van der Waals surface area contributed by atoms with Gasteiger partial charge in [0.15, 0.2) is 5.82 Å². The highest BCUT2D eigenvalue weighted by Crippen LogP contribution is 2.12. The summed E-state index contributed by atoms with van der Waals surface area (Å²) in [6, 6.07) is 12.8. The highest BCUT2D eigenvalue weighted by atomic mass is 32.2. The van der Waals surface area contributed by atoms with Crippen LogP contribution in [0.5, 0.6) is 0 Å². The van der Waals surface area contributed by atoms with Crippen LogP contribution in [0.15, 0.2) is 59.6 Å². The first-order valence-corrected chi connectivity index (χ1v) is 13.0. The lowest BCUT2D eigenvalue weighted by Crippen LogP contribution is -2.46. The first-order chi connectivity index (χ1) is 15.3. The second kappa shape index (κ2) is 10.8. The summed E-state index contributed by atoms with van der Waals surface area (Å²) >= 11 is 1.55. The molecule has 32 heavy (non-hydrogen) atoms. The van der Waals surface area contributed by atoms with Crippen LogP contribution >= 0.6 is 11.8 Å². The molecule has 3 rings (SSSR count). The topological polar surface area (TPSA) is 106 Å². The van der Waals surface area contributed by atoms with Gasteiger partial charge >= 0.3 is 0 Å². The summed E-state index contributed by atoms with van der Waals surface area (Å²) in [4.78, 5) is 17.3. The Balaban J connectivity index is 1.65. The Kier molecular flexibility index (Phi) is 8.05. The summed E-state index contributed by atoms with van der Waals surface area (Å²) in [7, 11) is -3.80. The molecule has 0 aliphatic heterocycles. The first kappa shape index (κ1) is 24.0. The SMILES string of the molecule is CSCCC(NS(=O)(=O)c1ccccc1)C(=O)NCc1ccc(-n2nc(C)cc2C)nc1. The molecule has 10 heteroatoms. The molecule has 3 aromatic rings. The zero-order chi connectivity index (χ0) is 23.1. The van der Waals surface area contributed by atoms with Crippen molar-refractivity contribution in [2.45, 2.75) is 37.8 Å². The zero-order valence-electron chi connectivity index (χ0n) is 18.3. The van der Waals surface area contributed by atoms with Crippen molar-refractivity contribution in [1.82, 2.24) is 24.8 Å². The molecule has 2 N–H and O–H groups in total. The molecular formula is C22H27N5O3S2. The molecule has 8 nitrogen and oxygen atoms in total. The van der Waals surface area contributed by atoms with E-state index >= 15 is 0 Å². The van der Waals surface area contributed by atoms with E-state index in [9.17, 15) is 13.2 Å². The second-order valence-corrected chi connectivity index (χ2v) is 10.0. The number of carbonyl (C=O) groups excluding carboxylic acids is 1. The number of nitrogens with zero attached hydrogens (tertiary/aromatic N) is 3. The molecule has 0 fully saturated rings. The fourth-order valence-electron chi connectivity index (χ4n) is 3.15. The maximum Gasteiger partial charge on any atom is 0.241 e. The number of aryl methyl sites for hydroxylation is 2. The highest BCUT2D eigenvalue weighted by molar-refractivity contribution is 7.98. The quantitative estimate of drug-likeness (QED) is 0.469. The maximum atomic E-state index is 12.8. The van der Waals surface area contributed by atoms with E-state index < -0.39 is 16.1 Å². The van der Waals surface area contributed by atoms with Crippen LogP contribution < -0.4 is 10.0 Å². The molecule has 1 amide bonds. The van der Waals surface area contributed by atoms with E-state index in [4.69, 9.17) is 0 Å². The van der Waals surface area contributed by atoms with E-state index in [1.807, 2.05) is 38.3 Å². The number of amides is 1. The minimum absolute atomic E-state index is 0.130. The standard InChI is InChI=1S/C22H27N5O3S2/c1-16-13-17(2)27(25-16)21-10-9-18(14-23-21)15-24-22(28)20(11-12-31-3)26-32(29,30)19-7-5-4-6-8-19/h4-10,13-14,20,26H,11-12,15H2,1-3H3,(H,24,28). The number of hydrogen-bond donors (Lipinski definition) is 2. The van der Waals surface area contributed by atoms with Gasteiger partial charge in [-0.25, -0.2) is 18.1 Å². The molecule has 0 aliphatic rings. The third kappa shape index (κ3) is 6.18. The van der Waals surface area contributed by atoms with Gasteiger partial charge in [-0.05, 0) is 62.1 Å². The van der Waals surface area contributed by atoms with E-state index in [-0.39, 0.29) is 17.3 Å². The van der Waals surface area contributed by atoms with Gasteiger partial charge in [0.25, 0.3) is 0 Å². The summed E-state index contributed by atoms with van der Waals surface area (Å²) in [6.07, 6.45) is 3.97. The normalized spacial score (nSPS) is 12.5. The van der Waals surface area contributed by atoms with Crippen LogP contribution in [-0.2, 0) is 21.4 Å². The van der Waals surface area contributed by atoms with Crippen molar-refractivity contribution >= 4 is 27.7 Å². The number of benzene rings is 1. The molecule has 1 atom stereocenters. The molecule has 0 spiro atoms. The van der Waals surface area contributed by atoms with Crippen molar-refractivity contribution in [3.8, 4) is 5.82 Å². The van der Waals surface area contributed by atoms with Gasteiger partial charge in [0.1, 0.15) is 6.04 Å². The van der Waals surface area contributed by atoms with E-state index in [2.05, 4.69) is 20.1 Å². The molecular weight excluding hydrogens is 446 g/mol. The molecule has 170 valence electrons. The first-order valence-electron chi connectivity index (χ1n) is 10.1. The molecule has 0 saturated heterocycles. The van der Waals surface area contributed by atoms with Gasteiger partial charge in [-0.15, -0.1) is 0 Å². The number of aromatic nitrogens is 3. The highest BCUT2D eigenvalue weighted by Gasteiger charge is 2.25. The van der Waals surface area contributed by atoms with Crippen LogP contribution in [0.2, 0.25) is 0 Å². The predicted molar refractivity (Wildman–Crippen MR) is 126 cm³/mol. The van der Waals surface area contributed by atoms with Crippen LogP contribution in [0.3, 0.4) is 0 Å². The van der Waals surface area contributed by atoms with Crippen LogP contribution in [0.1, 0.15) is 23.4 Å². The number of sulfonamides is 1. The predicted octanol–water partition coefficient (Wildman–Crippen LogP) is 2.60.